The number of hydrogen-bond donors (Lipinski definition) is 0. The monoisotopic (exact) mass is 498 g/mol. The van der Waals surface area contributed by atoms with Gasteiger partial charge in [0.05, 0.1) is 28.5 Å². The smallest absolute Gasteiger partial charge is 0.338 e. The second-order valence-electron chi connectivity index (χ2n) is 7.28. The normalized spacial score (nSPS) is 16.1. The first-order valence-electron chi connectivity index (χ1n) is 10.3. The van der Waals surface area contributed by atoms with Gasteiger partial charge in [0.25, 0.3) is 5.56 Å². The average molecular weight is 499 g/mol. The summed E-state index contributed by atoms with van der Waals surface area (Å²) in [7, 11) is 0. The van der Waals surface area contributed by atoms with Crippen molar-refractivity contribution in [2.24, 2.45) is 4.99 Å². The van der Waals surface area contributed by atoms with Crippen molar-refractivity contribution < 1.29 is 9.53 Å². The molecule has 2 heterocycles. The highest BCUT2D eigenvalue weighted by Crippen LogP contribution is 2.26. The molecule has 0 bridgehead atoms. The Morgan fingerprint density at radius 3 is 2.67 bits per heavy atom. The summed E-state index contributed by atoms with van der Waals surface area (Å²) in [6.45, 7) is 3.72. The molecule has 0 aliphatic carbocycles. The summed E-state index contributed by atoms with van der Waals surface area (Å²) >= 11 is 13.5. The highest BCUT2D eigenvalue weighted by molar-refractivity contribution is 7.07. The second kappa shape index (κ2) is 9.91. The molecule has 0 fully saturated rings. The van der Waals surface area contributed by atoms with E-state index in [-0.39, 0.29) is 12.2 Å². The first kappa shape index (κ1) is 23.2. The Balaban J connectivity index is 1.89. The second-order valence-corrected chi connectivity index (χ2v) is 9.13. The maximum absolute atomic E-state index is 13.5. The number of halogens is 2. The number of ether oxygens (including phenoxy) is 1. The van der Waals surface area contributed by atoms with E-state index in [1.54, 1.807) is 38.1 Å². The van der Waals surface area contributed by atoms with E-state index in [1.807, 2.05) is 42.5 Å². The molecule has 2 aromatic carbocycles. The summed E-state index contributed by atoms with van der Waals surface area (Å²) in [5, 5.41) is 0.955. The molecule has 1 aromatic heterocycles. The van der Waals surface area contributed by atoms with Crippen LogP contribution in [0.5, 0.6) is 0 Å². The van der Waals surface area contributed by atoms with Crippen LogP contribution in [0.4, 0.5) is 0 Å². The molecule has 8 heteroatoms. The number of rotatable bonds is 5. The molecule has 1 atom stereocenters. The van der Waals surface area contributed by atoms with Crippen LogP contribution in [0.1, 0.15) is 31.0 Å². The molecule has 0 unspecified atom stereocenters. The third kappa shape index (κ3) is 4.88. The number of hydrogen-bond acceptors (Lipinski definition) is 5. The fraction of sp³-hybridized carbons (Fsp3) is 0.160. The van der Waals surface area contributed by atoms with E-state index < -0.39 is 12.0 Å². The molecule has 4 rings (SSSR count). The number of nitrogens with zero attached hydrogens (tertiary/aromatic N) is 2. The number of aromatic nitrogens is 1. The molecule has 5 nitrogen and oxygen atoms in total. The van der Waals surface area contributed by atoms with Gasteiger partial charge in [-0.1, -0.05) is 83.1 Å². The minimum Gasteiger partial charge on any atom is -0.463 e. The van der Waals surface area contributed by atoms with Gasteiger partial charge in [0.15, 0.2) is 4.80 Å². The van der Waals surface area contributed by atoms with E-state index in [0.717, 1.165) is 5.56 Å². The number of thiazole rings is 1. The minimum atomic E-state index is -0.650. The molecule has 0 saturated carbocycles. The van der Waals surface area contributed by atoms with Crippen LogP contribution in [0, 0.1) is 0 Å². The van der Waals surface area contributed by atoms with E-state index >= 15 is 0 Å². The van der Waals surface area contributed by atoms with Gasteiger partial charge in [0.2, 0.25) is 0 Å². The summed E-state index contributed by atoms with van der Waals surface area (Å²) in [5.74, 6) is -0.489. The lowest BCUT2D eigenvalue weighted by molar-refractivity contribution is -0.139. The van der Waals surface area contributed by atoms with Gasteiger partial charge in [-0.3, -0.25) is 9.36 Å². The van der Waals surface area contributed by atoms with Gasteiger partial charge in [0, 0.05) is 10.0 Å². The zero-order chi connectivity index (χ0) is 23.5. The van der Waals surface area contributed by atoms with Gasteiger partial charge in [-0.15, -0.1) is 0 Å². The number of carbonyl (C=O) groups excluding carboxylic acids is 1. The van der Waals surface area contributed by atoms with Crippen LogP contribution >= 0.6 is 34.5 Å². The summed E-state index contributed by atoms with van der Waals surface area (Å²) in [5.41, 5.74) is 2.22. The van der Waals surface area contributed by atoms with Crippen molar-refractivity contribution in [3.8, 4) is 0 Å². The van der Waals surface area contributed by atoms with E-state index in [0.29, 0.717) is 36.2 Å². The Bertz CT molecular complexity index is 1450. The van der Waals surface area contributed by atoms with Crippen LogP contribution in [-0.2, 0) is 9.53 Å². The molecule has 0 spiro atoms. The van der Waals surface area contributed by atoms with Crippen LogP contribution in [0.25, 0.3) is 12.2 Å². The number of fused-ring (bicyclic) bond motifs is 1. The summed E-state index contributed by atoms with van der Waals surface area (Å²) in [4.78, 5) is 31.3. The third-order valence-electron chi connectivity index (χ3n) is 5.08. The molecule has 1 aliphatic heterocycles. The SMILES string of the molecule is CCOC(=O)C1=C(C)N=c2s/c(=C/c3ccc(Cl)cc3Cl)c(=O)n2[C@H]1/C=C\c1ccccc1. The van der Waals surface area contributed by atoms with Crippen molar-refractivity contribution in [2.75, 3.05) is 6.61 Å². The molecule has 0 N–H and O–H groups in total. The molecule has 0 saturated heterocycles. The molecule has 1 aliphatic rings. The Morgan fingerprint density at radius 1 is 1.21 bits per heavy atom. The highest BCUT2D eigenvalue weighted by Gasteiger charge is 2.30. The van der Waals surface area contributed by atoms with Gasteiger partial charge in [-0.25, -0.2) is 9.79 Å². The fourth-order valence-electron chi connectivity index (χ4n) is 3.54. The van der Waals surface area contributed by atoms with E-state index in [1.165, 1.54) is 15.9 Å². The number of allylic oxidation sites excluding steroid dienone is 2. The number of esters is 1. The maximum Gasteiger partial charge on any atom is 0.338 e. The van der Waals surface area contributed by atoms with Gasteiger partial charge in [0.1, 0.15) is 0 Å². The van der Waals surface area contributed by atoms with Crippen molar-refractivity contribution in [1.29, 1.82) is 0 Å². The third-order valence-corrected chi connectivity index (χ3v) is 6.62. The summed E-state index contributed by atoms with van der Waals surface area (Å²) < 4.78 is 7.26. The summed E-state index contributed by atoms with van der Waals surface area (Å²) in [6, 6.07) is 14.1. The highest BCUT2D eigenvalue weighted by atomic mass is 35.5. The molecule has 168 valence electrons. The lowest BCUT2D eigenvalue weighted by Crippen LogP contribution is -2.38. The first-order valence-corrected chi connectivity index (χ1v) is 11.8. The molecule has 0 amide bonds. The first-order chi connectivity index (χ1) is 15.9. The Kier molecular flexibility index (Phi) is 6.98. The standard InChI is InChI=1S/C25H20Cl2N2O3S/c1-3-32-24(31)22-15(2)28-25-29(20(22)12-9-16-7-5-4-6-8-16)23(30)21(33-25)13-17-10-11-18(26)14-19(17)27/h4-14,20H,3H2,1-2H3/b12-9-,21-13+/t20-/m0/s1. The Hall–Kier alpha value is -2.93. The van der Waals surface area contributed by atoms with Crippen LogP contribution < -0.4 is 14.9 Å². The van der Waals surface area contributed by atoms with E-state index in [9.17, 15) is 9.59 Å². The molecule has 3 aromatic rings. The minimum absolute atomic E-state index is 0.226. The predicted octanol–water partition coefficient (Wildman–Crippen LogP) is 4.77. The Labute approximate surface area is 204 Å². The molecular weight excluding hydrogens is 479 g/mol. The van der Waals surface area contributed by atoms with Crippen molar-refractivity contribution in [3.63, 3.8) is 0 Å². The van der Waals surface area contributed by atoms with Crippen LogP contribution in [0.15, 0.2) is 75.7 Å². The number of benzene rings is 2. The molecule has 0 radical (unpaired) electrons. The van der Waals surface area contributed by atoms with Crippen molar-refractivity contribution in [1.82, 2.24) is 4.57 Å². The zero-order valence-corrected chi connectivity index (χ0v) is 20.2. The largest absolute Gasteiger partial charge is 0.463 e. The van der Waals surface area contributed by atoms with Crippen LogP contribution in [0.3, 0.4) is 0 Å². The van der Waals surface area contributed by atoms with Gasteiger partial charge in [-0.05, 0) is 43.2 Å². The van der Waals surface area contributed by atoms with Crippen LogP contribution in [0.2, 0.25) is 10.0 Å². The Morgan fingerprint density at radius 2 is 1.97 bits per heavy atom. The summed E-state index contributed by atoms with van der Waals surface area (Å²) in [6.07, 6.45) is 5.43. The van der Waals surface area contributed by atoms with Gasteiger partial charge in [-0.2, -0.15) is 0 Å². The number of carbonyl (C=O) groups is 1. The molecule has 33 heavy (non-hydrogen) atoms. The lowest BCUT2D eigenvalue weighted by Gasteiger charge is -2.21. The fourth-order valence-corrected chi connectivity index (χ4v) is 5.05. The van der Waals surface area contributed by atoms with Crippen molar-refractivity contribution >= 4 is 52.7 Å². The van der Waals surface area contributed by atoms with Gasteiger partial charge >= 0.3 is 5.97 Å². The predicted molar refractivity (Wildman–Crippen MR) is 133 cm³/mol. The lowest BCUT2D eigenvalue weighted by atomic mass is 10.0. The van der Waals surface area contributed by atoms with E-state index in [2.05, 4.69) is 4.99 Å². The van der Waals surface area contributed by atoms with Crippen molar-refractivity contribution in [3.05, 3.63) is 107 Å². The van der Waals surface area contributed by atoms with E-state index in [4.69, 9.17) is 27.9 Å². The van der Waals surface area contributed by atoms with Crippen molar-refractivity contribution in [2.45, 2.75) is 19.9 Å². The van der Waals surface area contributed by atoms with Gasteiger partial charge < -0.3 is 4.74 Å². The maximum atomic E-state index is 13.5. The quantitative estimate of drug-likeness (QED) is 0.476. The zero-order valence-electron chi connectivity index (χ0n) is 17.9. The average Bonchev–Trinajstić information content (AvgIpc) is 3.09. The van der Waals surface area contributed by atoms with Crippen LogP contribution in [-0.4, -0.2) is 17.1 Å². The molecular formula is C25H20Cl2N2O3S. The topological polar surface area (TPSA) is 60.7 Å².